The Hall–Kier alpha value is -2.83. The third kappa shape index (κ3) is 3.65. The number of rotatable bonds is 3. The molecule has 1 N–H and O–H groups in total. The van der Waals surface area contributed by atoms with Crippen LogP contribution in [0.5, 0.6) is 5.75 Å². The normalized spacial score (nSPS) is 10.4. The molecule has 0 spiro atoms. The molecule has 0 saturated heterocycles. The standard InChI is InChI=1S/C16H9BrN4O3S/c17-10-1-2-13(23)21(7-10)14(24)4-11-8-25-16(20-11)15-12(22)3-9(5-18)6-19-15/h1-3,6-8,22H,4H2. The Labute approximate surface area is 154 Å². The quantitative estimate of drug-likeness (QED) is 0.702. The van der Waals surface area contributed by atoms with Gasteiger partial charge in [0.15, 0.2) is 0 Å². The summed E-state index contributed by atoms with van der Waals surface area (Å²) in [4.78, 5) is 32.4. The van der Waals surface area contributed by atoms with Gasteiger partial charge in [0.2, 0.25) is 5.91 Å². The molecule has 0 radical (unpaired) electrons. The van der Waals surface area contributed by atoms with Gasteiger partial charge in [0.25, 0.3) is 5.56 Å². The van der Waals surface area contributed by atoms with Gasteiger partial charge in [-0.15, -0.1) is 11.3 Å². The van der Waals surface area contributed by atoms with Gasteiger partial charge in [0.05, 0.1) is 17.7 Å². The summed E-state index contributed by atoms with van der Waals surface area (Å²) in [6, 6.07) is 6.05. The van der Waals surface area contributed by atoms with Crippen molar-refractivity contribution in [2.45, 2.75) is 6.42 Å². The van der Waals surface area contributed by atoms with Crippen LogP contribution in [-0.4, -0.2) is 25.5 Å². The first-order valence-electron chi connectivity index (χ1n) is 6.93. The van der Waals surface area contributed by atoms with Crippen molar-refractivity contribution in [3.63, 3.8) is 0 Å². The molecule has 3 heterocycles. The Kier molecular flexibility index (Phi) is 4.74. The van der Waals surface area contributed by atoms with E-state index in [2.05, 4.69) is 25.9 Å². The number of aromatic hydroxyl groups is 1. The molecule has 0 bridgehead atoms. The Bertz CT molecular complexity index is 1070. The van der Waals surface area contributed by atoms with Crippen LogP contribution < -0.4 is 5.56 Å². The zero-order valence-electron chi connectivity index (χ0n) is 12.5. The van der Waals surface area contributed by atoms with Gasteiger partial charge in [-0.1, -0.05) is 0 Å². The fourth-order valence-corrected chi connectivity index (χ4v) is 3.23. The first-order valence-corrected chi connectivity index (χ1v) is 8.60. The number of carbonyl (C=O) groups excluding carboxylic acids is 1. The third-order valence-corrected chi connectivity index (χ3v) is 4.59. The number of pyridine rings is 2. The fourth-order valence-electron chi connectivity index (χ4n) is 2.07. The van der Waals surface area contributed by atoms with Crippen molar-refractivity contribution in [1.29, 1.82) is 5.26 Å². The molecule has 0 aliphatic heterocycles. The fraction of sp³-hybridized carbons (Fsp3) is 0.0625. The number of nitrogens with zero attached hydrogens (tertiary/aromatic N) is 4. The van der Waals surface area contributed by atoms with Gasteiger partial charge in [-0.25, -0.2) is 9.97 Å². The maximum Gasteiger partial charge on any atom is 0.257 e. The zero-order valence-corrected chi connectivity index (χ0v) is 14.9. The average molecular weight is 417 g/mol. The Balaban J connectivity index is 1.85. The molecule has 0 atom stereocenters. The van der Waals surface area contributed by atoms with Gasteiger partial charge >= 0.3 is 0 Å². The molecule has 3 aromatic heterocycles. The summed E-state index contributed by atoms with van der Waals surface area (Å²) in [5.41, 5.74) is 0.516. The molecule has 3 rings (SSSR count). The van der Waals surface area contributed by atoms with E-state index in [1.165, 1.54) is 35.9 Å². The highest BCUT2D eigenvalue weighted by Gasteiger charge is 2.15. The maximum atomic E-state index is 12.3. The molecule has 0 aromatic carbocycles. The van der Waals surface area contributed by atoms with Crippen LogP contribution in [0.25, 0.3) is 10.7 Å². The highest BCUT2D eigenvalue weighted by atomic mass is 79.9. The second-order valence-corrected chi connectivity index (χ2v) is 6.75. The molecule has 0 aliphatic carbocycles. The highest BCUT2D eigenvalue weighted by Crippen LogP contribution is 2.30. The summed E-state index contributed by atoms with van der Waals surface area (Å²) in [6.07, 6.45) is 2.68. The van der Waals surface area contributed by atoms with Crippen LogP contribution in [0.4, 0.5) is 0 Å². The Morgan fingerprint density at radius 3 is 2.96 bits per heavy atom. The maximum absolute atomic E-state index is 12.3. The number of thiazole rings is 1. The van der Waals surface area contributed by atoms with Crippen molar-refractivity contribution >= 4 is 33.2 Å². The third-order valence-electron chi connectivity index (χ3n) is 3.23. The van der Waals surface area contributed by atoms with Crippen molar-refractivity contribution in [3.8, 4) is 22.5 Å². The Morgan fingerprint density at radius 1 is 1.44 bits per heavy atom. The number of aromatic nitrogens is 3. The van der Waals surface area contributed by atoms with E-state index in [1.807, 2.05) is 6.07 Å². The predicted molar refractivity (Wildman–Crippen MR) is 94.5 cm³/mol. The van der Waals surface area contributed by atoms with Crippen molar-refractivity contribution in [1.82, 2.24) is 14.5 Å². The molecule has 0 saturated carbocycles. The van der Waals surface area contributed by atoms with E-state index in [1.54, 1.807) is 11.4 Å². The number of carbonyl (C=O) groups is 1. The van der Waals surface area contributed by atoms with Crippen LogP contribution in [0, 0.1) is 11.3 Å². The van der Waals surface area contributed by atoms with Gasteiger partial charge in [0.1, 0.15) is 22.5 Å². The first kappa shape index (κ1) is 17.0. The van der Waals surface area contributed by atoms with Gasteiger partial charge in [-0.2, -0.15) is 5.26 Å². The summed E-state index contributed by atoms with van der Waals surface area (Å²) in [5.74, 6) is -0.574. The molecule has 9 heteroatoms. The summed E-state index contributed by atoms with van der Waals surface area (Å²) in [6.45, 7) is 0. The van der Waals surface area contributed by atoms with Crippen molar-refractivity contribution in [3.05, 3.63) is 62.1 Å². The molecule has 3 aromatic rings. The van der Waals surface area contributed by atoms with E-state index < -0.39 is 11.5 Å². The lowest BCUT2D eigenvalue weighted by Crippen LogP contribution is -2.26. The number of hydrogen-bond acceptors (Lipinski definition) is 7. The minimum absolute atomic E-state index is 0.0656. The van der Waals surface area contributed by atoms with E-state index in [4.69, 9.17) is 5.26 Å². The lowest BCUT2D eigenvalue weighted by Gasteiger charge is -2.03. The largest absolute Gasteiger partial charge is 0.506 e. The van der Waals surface area contributed by atoms with Crippen molar-refractivity contribution in [2.75, 3.05) is 0 Å². The molecular formula is C16H9BrN4O3S. The SMILES string of the molecule is N#Cc1cnc(-c2nc(CC(=O)n3cc(Br)ccc3=O)cs2)c(O)c1. The predicted octanol–water partition coefficient (Wildman–Crippen LogP) is 2.59. The lowest BCUT2D eigenvalue weighted by atomic mass is 10.2. The van der Waals surface area contributed by atoms with Gasteiger partial charge < -0.3 is 5.11 Å². The lowest BCUT2D eigenvalue weighted by molar-refractivity contribution is 0.0908. The summed E-state index contributed by atoms with van der Waals surface area (Å²) < 4.78 is 1.63. The minimum atomic E-state index is -0.421. The Morgan fingerprint density at radius 2 is 2.24 bits per heavy atom. The molecule has 124 valence electrons. The molecule has 0 fully saturated rings. The van der Waals surface area contributed by atoms with Gasteiger partial charge in [-0.05, 0) is 22.0 Å². The molecular weight excluding hydrogens is 408 g/mol. The number of hydrogen-bond donors (Lipinski definition) is 1. The van der Waals surface area contributed by atoms with E-state index >= 15 is 0 Å². The summed E-state index contributed by atoms with van der Waals surface area (Å²) in [7, 11) is 0. The zero-order chi connectivity index (χ0) is 18.0. The van der Waals surface area contributed by atoms with E-state index in [9.17, 15) is 14.7 Å². The molecule has 7 nitrogen and oxygen atoms in total. The molecule has 0 amide bonds. The number of nitriles is 1. The molecule has 0 unspecified atom stereocenters. The topological polar surface area (TPSA) is 109 Å². The molecule has 25 heavy (non-hydrogen) atoms. The number of halogens is 1. The first-order chi connectivity index (χ1) is 12.0. The second kappa shape index (κ2) is 6.96. The van der Waals surface area contributed by atoms with E-state index in [0.717, 1.165) is 4.57 Å². The van der Waals surface area contributed by atoms with Crippen molar-refractivity contribution in [2.24, 2.45) is 0 Å². The second-order valence-electron chi connectivity index (χ2n) is 4.97. The minimum Gasteiger partial charge on any atom is -0.506 e. The van der Waals surface area contributed by atoms with Gasteiger partial charge in [0, 0.05) is 34.4 Å². The molecule has 0 aliphatic rings. The summed E-state index contributed by atoms with van der Waals surface area (Å²) >= 11 is 4.43. The highest BCUT2D eigenvalue weighted by molar-refractivity contribution is 9.10. The smallest absolute Gasteiger partial charge is 0.257 e. The average Bonchev–Trinajstić information content (AvgIpc) is 3.04. The monoisotopic (exact) mass is 416 g/mol. The van der Waals surface area contributed by atoms with Crippen LogP contribution in [0.1, 0.15) is 16.1 Å². The van der Waals surface area contributed by atoms with Crippen LogP contribution in [-0.2, 0) is 6.42 Å². The van der Waals surface area contributed by atoms with Crippen LogP contribution in [0.3, 0.4) is 0 Å². The van der Waals surface area contributed by atoms with E-state index in [0.29, 0.717) is 15.2 Å². The van der Waals surface area contributed by atoms with Gasteiger partial charge in [-0.3, -0.25) is 14.2 Å². The summed E-state index contributed by atoms with van der Waals surface area (Å²) in [5, 5.41) is 20.8. The van der Waals surface area contributed by atoms with Crippen LogP contribution in [0.2, 0.25) is 0 Å². The van der Waals surface area contributed by atoms with Crippen molar-refractivity contribution < 1.29 is 9.90 Å². The van der Waals surface area contributed by atoms with Crippen LogP contribution >= 0.6 is 27.3 Å². The van der Waals surface area contributed by atoms with Crippen LogP contribution in [0.15, 0.2) is 45.2 Å². The van der Waals surface area contributed by atoms with E-state index in [-0.39, 0.29) is 23.4 Å².